The van der Waals surface area contributed by atoms with Crippen molar-refractivity contribution in [3.8, 4) is 0 Å². The molecule has 0 saturated carbocycles. The highest BCUT2D eigenvalue weighted by Crippen LogP contribution is 2.23. The number of carbonyl (C=O) groups excluding carboxylic acids is 4. The molecule has 1 saturated heterocycles. The first-order valence-electron chi connectivity index (χ1n) is 14.2. The van der Waals surface area contributed by atoms with Crippen LogP contribution in [0.3, 0.4) is 0 Å². The van der Waals surface area contributed by atoms with E-state index in [1.165, 1.54) is 48.6 Å². The van der Waals surface area contributed by atoms with E-state index in [4.69, 9.17) is 11.6 Å². The second-order valence-electron chi connectivity index (χ2n) is 10.4. The molecular formula is C32H36Cl2FN5O4. The molecule has 3 unspecified atom stereocenters. The van der Waals surface area contributed by atoms with E-state index >= 15 is 0 Å². The molecule has 0 bridgehead atoms. The molecule has 1 aliphatic rings. The number of hydrogen-bond donors (Lipinski definition) is 2. The Bertz CT molecular complexity index is 1430. The lowest BCUT2D eigenvalue weighted by Gasteiger charge is -2.44. The Hall–Kier alpha value is -4.02. The van der Waals surface area contributed by atoms with Crippen molar-refractivity contribution in [2.45, 2.75) is 50.7 Å². The fourth-order valence-corrected chi connectivity index (χ4v) is 5.41. The van der Waals surface area contributed by atoms with Crippen LogP contribution in [-0.2, 0) is 27.2 Å². The molecule has 234 valence electrons. The maximum Gasteiger partial charge on any atom is 0.252 e. The van der Waals surface area contributed by atoms with Crippen LogP contribution in [-0.4, -0.2) is 76.7 Å². The molecule has 0 spiro atoms. The van der Waals surface area contributed by atoms with Crippen molar-refractivity contribution in [2.24, 2.45) is 0 Å². The molecule has 9 nitrogen and oxygen atoms in total. The van der Waals surface area contributed by atoms with Crippen molar-refractivity contribution in [2.75, 3.05) is 20.1 Å². The van der Waals surface area contributed by atoms with Gasteiger partial charge in [0.05, 0.1) is 0 Å². The van der Waals surface area contributed by atoms with Crippen LogP contribution < -0.4 is 10.6 Å². The number of piperazine rings is 1. The van der Waals surface area contributed by atoms with E-state index in [-0.39, 0.29) is 50.2 Å². The predicted octanol–water partition coefficient (Wildman–Crippen LogP) is 3.83. The van der Waals surface area contributed by atoms with Crippen LogP contribution in [0.25, 0.3) is 0 Å². The first-order valence-corrected chi connectivity index (χ1v) is 14.6. The average Bonchev–Trinajstić information content (AvgIpc) is 3.02. The summed E-state index contributed by atoms with van der Waals surface area (Å²) in [5.41, 5.74) is 1.82. The monoisotopic (exact) mass is 643 g/mol. The van der Waals surface area contributed by atoms with Crippen molar-refractivity contribution in [1.29, 1.82) is 0 Å². The van der Waals surface area contributed by atoms with Gasteiger partial charge in [0.25, 0.3) is 5.91 Å². The summed E-state index contributed by atoms with van der Waals surface area (Å²) in [6, 6.07) is 13.3. The molecule has 12 heteroatoms. The fourth-order valence-electron chi connectivity index (χ4n) is 5.29. The number of aromatic nitrogens is 1. The molecule has 1 aliphatic heterocycles. The summed E-state index contributed by atoms with van der Waals surface area (Å²) < 4.78 is 13.6. The average molecular weight is 645 g/mol. The predicted molar refractivity (Wildman–Crippen MR) is 168 cm³/mol. The van der Waals surface area contributed by atoms with Crippen molar-refractivity contribution < 1.29 is 23.6 Å². The van der Waals surface area contributed by atoms with E-state index in [0.717, 1.165) is 5.56 Å². The Balaban J connectivity index is 0.00000529. The number of hydrogen-bond acceptors (Lipinski definition) is 5. The number of rotatable bonds is 11. The number of likely N-dealkylation sites (N-methyl/N-ethyl adjacent to an activating group) is 1. The Morgan fingerprint density at radius 3 is 2.20 bits per heavy atom. The summed E-state index contributed by atoms with van der Waals surface area (Å²) in [6.45, 7) is 2.23. The van der Waals surface area contributed by atoms with Crippen LogP contribution in [0.2, 0.25) is 5.02 Å². The van der Waals surface area contributed by atoms with Crippen LogP contribution in [0.15, 0.2) is 73.1 Å². The standard InChI is InChI=1S/C32H35ClFN5O4.ClH/c1-3-4-27-32(43)39(28(30(41)35-2)20-22-5-9-24(33)10-6-22)18-17-38(27)31(42)26(19-21-7-11-25(34)12-8-21)37-29(40)23-13-15-36-16-14-23;/h5-16,26-28H,3-4,17-20H2,1-2H3,(H,35,41)(H,37,40);1H. The van der Waals surface area contributed by atoms with Gasteiger partial charge >= 0.3 is 0 Å². The topological polar surface area (TPSA) is 112 Å². The van der Waals surface area contributed by atoms with Gasteiger partial charge in [-0.25, -0.2) is 4.39 Å². The third-order valence-electron chi connectivity index (χ3n) is 7.54. The number of nitrogens with zero attached hydrogens (tertiary/aromatic N) is 3. The second kappa shape index (κ2) is 16.2. The fraction of sp³-hybridized carbons (Fsp3) is 0.344. The summed E-state index contributed by atoms with van der Waals surface area (Å²) in [7, 11) is 1.52. The summed E-state index contributed by atoms with van der Waals surface area (Å²) in [5, 5.41) is 6.05. The number of carbonyl (C=O) groups is 4. The van der Waals surface area contributed by atoms with Crippen LogP contribution >= 0.6 is 24.0 Å². The number of pyridine rings is 1. The van der Waals surface area contributed by atoms with Crippen LogP contribution in [0.5, 0.6) is 0 Å². The van der Waals surface area contributed by atoms with Crippen LogP contribution in [0.4, 0.5) is 4.39 Å². The minimum absolute atomic E-state index is 0. The lowest BCUT2D eigenvalue weighted by molar-refractivity contribution is -0.156. The van der Waals surface area contributed by atoms with Gasteiger partial charge in [-0.2, -0.15) is 0 Å². The molecular weight excluding hydrogens is 608 g/mol. The number of benzene rings is 2. The van der Waals surface area contributed by atoms with Gasteiger partial charge in [0.1, 0.15) is 23.9 Å². The van der Waals surface area contributed by atoms with Gasteiger partial charge in [-0.3, -0.25) is 24.2 Å². The highest BCUT2D eigenvalue weighted by molar-refractivity contribution is 6.30. The van der Waals surface area contributed by atoms with Crippen molar-refractivity contribution in [3.63, 3.8) is 0 Å². The molecule has 0 aliphatic carbocycles. The number of nitrogens with one attached hydrogen (secondary N) is 2. The van der Waals surface area contributed by atoms with E-state index < -0.39 is 35.8 Å². The third kappa shape index (κ3) is 8.54. The van der Waals surface area contributed by atoms with Crippen molar-refractivity contribution >= 4 is 47.6 Å². The second-order valence-corrected chi connectivity index (χ2v) is 10.9. The Labute approximate surface area is 267 Å². The summed E-state index contributed by atoms with van der Waals surface area (Å²) in [5.74, 6) is -1.95. The lowest BCUT2D eigenvalue weighted by Crippen LogP contribution is -2.65. The smallest absolute Gasteiger partial charge is 0.252 e. The molecule has 44 heavy (non-hydrogen) atoms. The van der Waals surface area contributed by atoms with Gasteiger partial charge in [0.2, 0.25) is 17.7 Å². The van der Waals surface area contributed by atoms with Gasteiger partial charge in [-0.1, -0.05) is 49.2 Å². The molecule has 1 fully saturated rings. The molecule has 2 heterocycles. The molecule has 3 atom stereocenters. The SMILES string of the molecule is CCCC1C(=O)N(C(Cc2ccc(Cl)cc2)C(=O)NC)CCN1C(=O)C(Cc1ccc(F)cc1)NC(=O)c1ccncc1.Cl. The number of amides is 4. The van der Waals surface area contributed by atoms with E-state index in [0.29, 0.717) is 29.0 Å². The van der Waals surface area contributed by atoms with Gasteiger partial charge in [0.15, 0.2) is 0 Å². The maximum absolute atomic E-state index is 14.1. The van der Waals surface area contributed by atoms with E-state index in [1.807, 2.05) is 19.1 Å². The first-order chi connectivity index (χ1) is 20.7. The first kappa shape index (κ1) is 34.5. The zero-order valence-electron chi connectivity index (χ0n) is 24.5. The van der Waals surface area contributed by atoms with Gasteiger partial charge in [-0.15, -0.1) is 12.4 Å². The molecule has 4 amide bonds. The van der Waals surface area contributed by atoms with Gasteiger partial charge < -0.3 is 20.4 Å². The van der Waals surface area contributed by atoms with Gasteiger partial charge in [-0.05, 0) is 53.9 Å². The normalized spacial score (nSPS) is 16.0. The minimum Gasteiger partial charge on any atom is -0.357 e. The van der Waals surface area contributed by atoms with E-state index in [9.17, 15) is 23.6 Å². The van der Waals surface area contributed by atoms with Crippen molar-refractivity contribution in [3.05, 3.63) is 101 Å². The zero-order chi connectivity index (χ0) is 30.9. The highest BCUT2D eigenvalue weighted by atomic mass is 35.5. The molecule has 4 rings (SSSR count). The highest BCUT2D eigenvalue weighted by Gasteiger charge is 2.43. The molecule has 3 aromatic rings. The Morgan fingerprint density at radius 1 is 0.977 bits per heavy atom. The van der Waals surface area contributed by atoms with Crippen LogP contribution in [0, 0.1) is 5.82 Å². The molecule has 1 aromatic heterocycles. The van der Waals surface area contributed by atoms with E-state index in [1.54, 1.807) is 29.2 Å². The maximum atomic E-state index is 14.1. The largest absolute Gasteiger partial charge is 0.357 e. The quantitative estimate of drug-likeness (QED) is 0.330. The van der Waals surface area contributed by atoms with E-state index in [2.05, 4.69) is 15.6 Å². The van der Waals surface area contributed by atoms with Crippen LogP contribution in [0.1, 0.15) is 41.3 Å². The van der Waals surface area contributed by atoms with Crippen molar-refractivity contribution in [1.82, 2.24) is 25.4 Å². The van der Waals surface area contributed by atoms with Gasteiger partial charge in [0, 0.05) is 56.0 Å². The molecule has 0 radical (unpaired) electrons. The number of halogens is 3. The third-order valence-corrected chi connectivity index (χ3v) is 7.79. The Morgan fingerprint density at radius 2 is 1.59 bits per heavy atom. The summed E-state index contributed by atoms with van der Waals surface area (Å²) >= 11 is 6.03. The molecule has 2 aromatic carbocycles. The zero-order valence-corrected chi connectivity index (χ0v) is 26.1. The molecule has 2 N–H and O–H groups in total. The minimum atomic E-state index is -1.02. The summed E-state index contributed by atoms with van der Waals surface area (Å²) in [4.78, 5) is 61.2. The Kier molecular flexibility index (Phi) is 12.7. The summed E-state index contributed by atoms with van der Waals surface area (Å²) in [6.07, 6.45) is 4.33. The lowest BCUT2D eigenvalue weighted by atomic mass is 9.97.